The molecule has 0 fully saturated rings. The maximum Gasteiger partial charge on any atom is 0.261 e. The van der Waals surface area contributed by atoms with Crippen LogP contribution in [0.5, 0.6) is 0 Å². The molecule has 7 nitrogen and oxygen atoms in total. The number of anilines is 2. The summed E-state index contributed by atoms with van der Waals surface area (Å²) in [5, 5.41) is 14.2. The largest absolute Gasteiger partial charge is 0.361 e. The van der Waals surface area contributed by atoms with E-state index in [9.17, 15) is 14.9 Å². The zero-order valence-corrected chi connectivity index (χ0v) is 18.5. The predicted octanol–water partition coefficient (Wildman–Crippen LogP) is 5.19. The van der Waals surface area contributed by atoms with Gasteiger partial charge in [0.25, 0.3) is 11.8 Å². The van der Waals surface area contributed by atoms with Crippen molar-refractivity contribution in [2.24, 2.45) is 0 Å². The monoisotopic (exact) mass is 447 g/mol. The maximum atomic E-state index is 12.5. The van der Waals surface area contributed by atoms with Gasteiger partial charge in [0.2, 0.25) is 0 Å². The lowest BCUT2D eigenvalue weighted by Crippen LogP contribution is -2.30. The minimum absolute atomic E-state index is 0.264. The Balaban J connectivity index is 1.35. The van der Waals surface area contributed by atoms with Gasteiger partial charge in [-0.2, -0.15) is 5.26 Å². The van der Waals surface area contributed by atoms with E-state index >= 15 is 0 Å². The second-order valence-electron chi connectivity index (χ2n) is 8.06. The van der Waals surface area contributed by atoms with Gasteiger partial charge in [-0.1, -0.05) is 24.3 Å². The van der Waals surface area contributed by atoms with Crippen LogP contribution in [0.2, 0.25) is 0 Å². The third kappa shape index (κ3) is 3.61. The highest BCUT2D eigenvalue weighted by Crippen LogP contribution is 2.31. The fraction of sp³-hybridized carbons (Fsp3) is 0.111. The smallest absolute Gasteiger partial charge is 0.261 e. The van der Waals surface area contributed by atoms with Crippen LogP contribution in [0.15, 0.2) is 67.1 Å². The van der Waals surface area contributed by atoms with E-state index in [1.165, 1.54) is 11.1 Å². The lowest BCUT2D eigenvalue weighted by molar-refractivity contribution is 0.0657. The molecule has 0 radical (unpaired) electrons. The molecule has 3 heterocycles. The van der Waals surface area contributed by atoms with Crippen LogP contribution in [0.3, 0.4) is 0 Å². The number of amides is 2. The highest BCUT2D eigenvalue weighted by molar-refractivity contribution is 6.21. The number of aromatic nitrogens is 2. The summed E-state index contributed by atoms with van der Waals surface area (Å²) in [4.78, 5) is 33.7. The number of aryl methyl sites for hydroxylation is 1. The van der Waals surface area contributed by atoms with Gasteiger partial charge in [0, 0.05) is 47.3 Å². The number of pyridine rings is 1. The van der Waals surface area contributed by atoms with E-state index in [1.807, 2.05) is 43.5 Å². The van der Waals surface area contributed by atoms with Crippen molar-refractivity contribution in [1.29, 1.82) is 5.26 Å². The van der Waals surface area contributed by atoms with E-state index < -0.39 is 0 Å². The summed E-state index contributed by atoms with van der Waals surface area (Å²) in [5.41, 5.74) is 5.74. The van der Waals surface area contributed by atoms with Crippen molar-refractivity contribution in [3.63, 3.8) is 0 Å². The first-order valence-electron chi connectivity index (χ1n) is 10.9. The zero-order valence-electron chi connectivity index (χ0n) is 18.5. The molecule has 1 aliphatic rings. The molecule has 5 rings (SSSR count). The molecular weight excluding hydrogens is 426 g/mol. The van der Waals surface area contributed by atoms with Gasteiger partial charge < -0.3 is 10.3 Å². The summed E-state index contributed by atoms with van der Waals surface area (Å²) in [6.45, 7) is 2.31. The number of nitrogens with one attached hydrogen (secondary N) is 2. The van der Waals surface area contributed by atoms with E-state index in [0.717, 1.165) is 27.7 Å². The number of H-pyrrole nitrogens is 1. The Morgan fingerprint density at radius 2 is 1.85 bits per heavy atom. The highest BCUT2D eigenvalue weighted by Gasteiger charge is 2.34. The lowest BCUT2D eigenvalue weighted by atomic mass is 10.1. The van der Waals surface area contributed by atoms with E-state index in [0.29, 0.717) is 28.8 Å². The van der Waals surface area contributed by atoms with E-state index in [4.69, 9.17) is 0 Å². The molecule has 2 aromatic heterocycles. The summed E-state index contributed by atoms with van der Waals surface area (Å²) in [7, 11) is 0. The summed E-state index contributed by atoms with van der Waals surface area (Å²) < 4.78 is 0. The summed E-state index contributed by atoms with van der Waals surface area (Å²) in [6, 6.07) is 15.1. The molecule has 2 amide bonds. The van der Waals surface area contributed by atoms with Crippen LogP contribution in [-0.4, -0.2) is 33.2 Å². The van der Waals surface area contributed by atoms with Gasteiger partial charge in [0.1, 0.15) is 6.07 Å². The van der Waals surface area contributed by atoms with Crippen LogP contribution < -0.4 is 5.32 Å². The fourth-order valence-electron chi connectivity index (χ4n) is 4.24. The maximum absolute atomic E-state index is 12.5. The van der Waals surface area contributed by atoms with Crippen molar-refractivity contribution in [2.75, 3.05) is 11.9 Å². The molecule has 1 aliphatic heterocycles. The quantitative estimate of drug-likeness (QED) is 0.396. The van der Waals surface area contributed by atoms with Crippen LogP contribution in [0, 0.1) is 18.3 Å². The molecule has 2 N–H and O–H groups in total. The van der Waals surface area contributed by atoms with Crippen molar-refractivity contribution < 1.29 is 9.59 Å². The second kappa shape index (κ2) is 8.68. The molecule has 2 aromatic carbocycles. The summed E-state index contributed by atoms with van der Waals surface area (Å²) >= 11 is 0. The Morgan fingerprint density at radius 1 is 1.09 bits per heavy atom. The first kappa shape index (κ1) is 21.2. The Bertz CT molecular complexity index is 1470. The molecule has 7 heteroatoms. The number of carbonyl (C=O) groups is 2. The molecular formula is C27H21N5O2. The van der Waals surface area contributed by atoms with Gasteiger partial charge in [-0.3, -0.25) is 19.5 Å². The van der Waals surface area contributed by atoms with E-state index in [1.54, 1.807) is 30.5 Å². The van der Waals surface area contributed by atoms with Crippen LogP contribution in [0.25, 0.3) is 17.0 Å². The molecule has 0 aliphatic carbocycles. The van der Waals surface area contributed by atoms with Gasteiger partial charge in [0.15, 0.2) is 0 Å². The third-order valence-electron chi connectivity index (χ3n) is 6.05. The molecule has 34 heavy (non-hydrogen) atoms. The lowest BCUT2D eigenvalue weighted by Gasteiger charge is -2.14. The van der Waals surface area contributed by atoms with Crippen molar-refractivity contribution in [3.05, 3.63) is 94.9 Å². The zero-order chi connectivity index (χ0) is 23.7. The number of aromatic amines is 1. The number of hydrogen-bond donors (Lipinski definition) is 2. The molecule has 4 aromatic rings. The van der Waals surface area contributed by atoms with Crippen molar-refractivity contribution in [3.8, 4) is 6.07 Å². The SMILES string of the molecule is Cc1c(Nc2c(C#N)cncc2C=CCCN2C(=O)c3ccccc3C2=O)ccc2[nH]ccc12. The Labute approximate surface area is 196 Å². The third-order valence-corrected chi connectivity index (χ3v) is 6.05. The Hall–Kier alpha value is -4.70. The number of benzene rings is 2. The van der Waals surface area contributed by atoms with Gasteiger partial charge in [0.05, 0.1) is 22.4 Å². The summed E-state index contributed by atoms with van der Waals surface area (Å²) in [6.07, 6.45) is 9.34. The van der Waals surface area contributed by atoms with E-state index in [2.05, 4.69) is 21.4 Å². The molecule has 0 bridgehead atoms. The number of nitrogens with zero attached hydrogens (tertiary/aromatic N) is 3. The Kier molecular flexibility index (Phi) is 5.40. The minimum Gasteiger partial charge on any atom is -0.361 e. The average Bonchev–Trinajstić information content (AvgIpc) is 3.43. The topological polar surface area (TPSA) is 102 Å². The van der Waals surface area contributed by atoms with Gasteiger partial charge in [-0.15, -0.1) is 0 Å². The van der Waals surface area contributed by atoms with Crippen molar-refractivity contribution in [1.82, 2.24) is 14.9 Å². The number of imide groups is 1. The Morgan fingerprint density at radius 3 is 2.59 bits per heavy atom. The highest BCUT2D eigenvalue weighted by atomic mass is 16.2. The normalized spacial score (nSPS) is 13.0. The van der Waals surface area contributed by atoms with Crippen LogP contribution in [-0.2, 0) is 0 Å². The number of rotatable bonds is 6. The molecule has 0 atom stereocenters. The minimum atomic E-state index is -0.264. The first-order valence-corrected chi connectivity index (χ1v) is 10.9. The standard InChI is InChI=1S/C27H21N5O2/c1-17-20-11-12-30-24(20)10-9-23(17)31-25-18(15-29-16-19(25)14-28)6-4-5-13-32-26(33)21-7-2-3-8-22(21)27(32)34/h2-4,6-12,15-16,30H,5,13H2,1H3,(H,29,31). The number of carbonyl (C=O) groups excluding carboxylic acids is 2. The predicted molar refractivity (Wildman–Crippen MR) is 131 cm³/mol. The van der Waals surface area contributed by atoms with Crippen molar-refractivity contribution >= 4 is 40.2 Å². The number of fused-ring (bicyclic) bond motifs is 2. The second-order valence-corrected chi connectivity index (χ2v) is 8.06. The fourth-order valence-corrected chi connectivity index (χ4v) is 4.24. The molecule has 166 valence electrons. The molecule has 0 spiro atoms. The van der Waals surface area contributed by atoms with Gasteiger partial charge in [-0.25, -0.2) is 0 Å². The molecule has 0 unspecified atom stereocenters. The van der Waals surface area contributed by atoms with Gasteiger partial charge in [-0.05, 0) is 49.2 Å². The summed E-state index contributed by atoms with van der Waals surface area (Å²) in [5.74, 6) is -0.528. The number of nitriles is 1. The molecule has 0 saturated heterocycles. The van der Waals surface area contributed by atoms with Crippen molar-refractivity contribution in [2.45, 2.75) is 13.3 Å². The number of hydrogen-bond acceptors (Lipinski definition) is 5. The van der Waals surface area contributed by atoms with Gasteiger partial charge >= 0.3 is 0 Å². The van der Waals surface area contributed by atoms with E-state index in [-0.39, 0.29) is 18.4 Å². The van der Waals surface area contributed by atoms with Crippen LogP contribution in [0.1, 0.15) is 43.8 Å². The van der Waals surface area contributed by atoms with Crippen LogP contribution in [0.4, 0.5) is 11.4 Å². The van der Waals surface area contributed by atoms with Crippen LogP contribution >= 0.6 is 0 Å². The average molecular weight is 447 g/mol. The molecule has 0 saturated carbocycles. The first-order chi connectivity index (χ1) is 16.6.